The zero-order valence-electron chi connectivity index (χ0n) is 19.3. The number of furan rings is 1. The van der Waals surface area contributed by atoms with Gasteiger partial charge in [-0.05, 0) is 62.4 Å². The van der Waals surface area contributed by atoms with Gasteiger partial charge in [0.05, 0.1) is 13.2 Å². The Morgan fingerprint density at radius 3 is 2.73 bits per heavy atom. The number of hydrogen-bond donors (Lipinski definition) is 2. The molecule has 3 aromatic rings. The molecule has 33 heavy (non-hydrogen) atoms. The Morgan fingerprint density at radius 2 is 1.97 bits per heavy atom. The third kappa shape index (κ3) is 4.08. The first-order valence-corrected chi connectivity index (χ1v) is 11.8. The highest BCUT2D eigenvalue weighted by molar-refractivity contribution is 6.00. The number of hydrogen-bond acceptors (Lipinski definition) is 5. The maximum atomic E-state index is 13.0. The molecule has 2 N–H and O–H groups in total. The van der Waals surface area contributed by atoms with Gasteiger partial charge in [-0.15, -0.1) is 0 Å². The average molecular weight is 450 g/mol. The molecule has 5 rings (SSSR count). The number of aliphatic hydroxyl groups excluding tert-OH is 1. The Morgan fingerprint density at radius 1 is 1.18 bits per heavy atom. The van der Waals surface area contributed by atoms with Crippen LogP contribution in [-0.2, 0) is 6.54 Å². The van der Waals surface area contributed by atoms with E-state index in [1.807, 2.05) is 43.3 Å². The highest BCUT2D eigenvalue weighted by atomic mass is 16.5. The van der Waals surface area contributed by atoms with E-state index in [9.17, 15) is 9.90 Å². The fourth-order valence-corrected chi connectivity index (χ4v) is 5.44. The van der Waals surface area contributed by atoms with Gasteiger partial charge in [0.1, 0.15) is 22.7 Å². The standard InChI is InChI=1S/C27H31NO5/c1-17-23-21(32-25(17)26(30)28-16-18-8-7-9-19(14-18)31-2)10-11-22-24(23)20(29)15-27(33-22)12-5-3-4-6-13-27/h7-11,14,20,29H,3-6,12-13,15-16H2,1-2H3,(H,28,30)/t20-/m1/s1. The molecule has 174 valence electrons. The summed E-state index contributed by atoms with van der Waals surface area (Å²) >= 11 is 0. The van der Waals surface area contributed by atoms with Gasteiger partial charge in [0.25, 0.3) is 5.91 Å². The topological polar surface area (TPSA) is 80.9 Å². The van der Waals surface area contributed by atoms with Crippen LogP contribution < -0.4 is 14.8 Å². The van der Waals surface area contributed by atoms with Crippen LogP contribution >= 0.6 is 0 Å². The Balaban J connectivity index is 1.42. The van der Waals surface area contributed by atoms with Gasteiger partial charge in [0, 0.05) is 29.5 Å². The van der Waals surface area contributed by atoms with Crippen LogP contribution in [0.1, 0.15) is 78.3 Å². The van der Waals surface area contributed by atoms with E-state index in [1.165, 1.54) is 12.8 Å². The van der Waals surface area contributed by atoms with Crippen LogP contribution in [0.3, 0.4) is 0 Å². The second-order valence-electron chi connectivity index (χ2n) is 9.36. The van der Waals surface area contributed by atoms with Crippen LogP contribution in [0.4, 0.5) is 0 Å². The summed E-state index contributed by atoms with van der Waals surface area (Å²) in [6.07, 6.45) is 6.61. The minimum atomic E-state index is -0.639. The van der Waals surface area contributed by atoms with Crippen LogP contribution in [0.5, 0.6) is 11.5 Å². The molecule has 0 radical (unpaired) electrons. The van der Waals surface area contributed by atoms with Gasteiger partial charge in [-0.2, -0.15) is 0 Å². The van der Waals surface area contributed by atoms with Crippen molar-refractivity contribution in [3.05, 3.63) is 58.8 Å². The normalized spacial score (nSPS) is 19.5. The molecule has 1 saturated carbocycles. The number of aliphatic hydroxyl groups is 1. The molecular weight excluding hydrogens is 418 g/mol. The van der Waals surface area contributed by atoms with Gasteiger partial charge >= 0.3 is 0 Å². The van der Waals surface area contributed by atoms with Crippen LogP contribution in [0.15, 0.2) is 40.8 Å². The fourth-order valence-electron chi connectivity index (χ4n) is 5.44. The van der Waals surface area contributed by atoms with E-state index in [-0.39, 0.29) is 17.3 Å². The predicted molar refractivity (Wildman–Crippen MR) is 126 cm³/mol. The van der Waals surface area contributed by atoms with Crippen LogP contribution in [0.25, 0.3) is 11.0 Å². The van der Waals surface area contributed by atoms with Crippen molar-refractivity contribution in [1.82, 2.24) is 5.32 Å². The number of aryl methyl sites for hydroxylation is 1. The number of fused-ring (bicyclic) bond motifs is 3. The van der Waals surface area contributed by atoms with Gasteiger partial charge in [-0.3, -0.25) is 4.79 Å². The summed E-state index contributed by atoms with van der Waals surface area (Å²) in [6.45, 7) is 2.23. The number of ether oxygens (including phenoxy) is 2. The summed E-state index contributed by atoms with van der Waals surface area (Å²) in [4.78, 5) is 13.0. The lowest BCUT2D eigenvalue weighted by atomic mass is 9.82. The first-order chi connectivity index (χ1) is 16.0. The summed E-state index contributed by atoms with van der Waals surface area (Å²) in [5.74, 6) is 1.44. The molecule has 1 aliphatic carbocycles. The van der Waals surface area contributed by atoms with E-state index in [0.717, 1.165) is 59.3 Å². The SMILES string of the molecule is COc1cccc(CNC(=O)c2oc3ccc4c(c3c2C)[C@H](O)CC2(CCCCCC2)O4)c1. The molecule has 6 heteroatoms. The number of benzene rings is 2. The van der Waals surface area contributed by atoms with Crippen molar-refractivity contribution < 1.29 is 23.8 Å². The summed E-state index contributed by atoms with van der Waals surface area (Å²) in [6, 6.07) is 11.3. The molecule has 1 amide bonds. The minimum absolute atomic E-state index is 0.267. The number of carbonyl (C=O) groups excluding carboxylic acids is 1. The van der Waals surface area contributed by atoms with Crippen molar-refractivity contribution in [2.75, 3.05) is 7.11 Å². The van der Waals surface area contributed by atoms with Gasteiger partial charge in [0.2, 0.25) is 0 Å². The molecule has 0 saturated heterocycles. The second kappa shape index (κ2) is 8.75. The van der Waals surface area contributed by atoms with E-state index in [4.69, 9.17) is 13.9 Å². The molecule has 1 aliphatic heterocycles. The van der Waals surface area contributed by atoms with Crippen molar-refractivity contribution in [2.45, 2.75) is 70.1 Å². The lowest BCUT2D eigenvalue weighted by Crippen LogP contribution is -2.40. The van der Waals surface area contributed by atoms with Crippen molar-refractivity contribution in [1.29, 1.82) is 0 Å². The largest absolute Gasteiger partial charge is 0.497 e. The number of rotatable bonds is 4. The minimum Gasteiger partial charge on any atom is -0.497 e. The highest BCUT2D eigenvalue weighted by Crippen LogP contribution is 2.49. The Labute approximate surface area is 193 Å². The monoisotopic (exact) mass is 449 g/mol. The average Bonchev–Trinajstić information content (AvgIpc) is 3.00. The number of methoxy groups -OCH3 is 1. The zero-order chi connectivity index (χ0) is 23.0. The molecule has 1 spiro atoms. The third-order valence-corrected chi connectivity index (χ3v) is 7.13. The second-order valence-corrected chi connectivity index (χ2v) is 9.36. The third-order valence-electron chi connectivity index (χ3n) is 7.13. The summed E-state index contributed by atoms with van der Waals surface area (Å²) < 4.78 is 17.8. The molecule has 2 aromatic carbocycles. The molecule has 0 unspecified atom stereocenters. The molecule has 1 fully saturated rings. The van der Waals surface area contributed by atoms with Crippen molar-refractivity contribution in [2.24, 2.45) is 0 Å². The van der Waals surface area contributed by atoms with Crippen molar-refractivity contribution in [3.63, 3.8) is 0 Å². The molecule has 1 aromatic heterocycles. The molecule has 2 heterocycles. The van der Waals surface area contributed by atoms with Crippen LogP contribution in [-0.4, -0.2) is 23.7 Å². The number of carbonyl (C=O) groups is 1. The van der Waals surface area contributed by atoms with E-state index in [0.29, 0.717) is 18.5 Å². The summed E-state index contributed by atoms with van der Waals surface area (Å²) in [7, 11) is 1.62. The summed E-state index contributed by atoms with van der Waals surface area (Å²) in [5, 5.41) is 14.9. The Hall–Kier alpha value is -2.99. The number of amides is 1. The predicted octanol–water partition coefficient (Wildman–Crippen LogP) is 5.59. The lowest BCUT2D eigenvalue weighted by molar-refractivity contribution is -0.0236. The smallest absolute Gasteiger partial charge is 0.287 e. The van der Waals surface area contributed by atoms with Gasteiger partial charge in [-0.25, -0.2) is 0 Å². The van der Waals surface area contributed by atoms with Gasteiger partial charge in [-0.1, -0.05) is 25.0 Å². The fraction of sp³-hybridized carbons (Fsp3) is 0.444. The molecule has 6 nitrogen and oxygen atoms in total. The first kappa shape index (κ1) is 21.8. The number of nitrogens with one attached hydrogen (secondary N) is 1. The van der Waals surface area contributed by atoms with Gasteiger partial charge in [0.15, 0.2) is 5.76 Å². The first-order valence-electron chi connectivity index (χ1n) is 11.8. The molecule has 1 atom stereocenters. The maximum Gasteiger partial charge on any atom is 0.287 e. The van der Waals surface area contributed by atoms with E-state index in [1.54, 1.807) is 7.11 Å². The highest BCUT2D eigenvalue weighted by Gasteiger charge is 2.42. The van der Waals surface area contributed by atoms with E-state index >= 15 is 0 Å². The van der Waals surface area contributed by atoms with E-state index in [2.05, 4.69) is 5.32 Å². The lowest BCUT2D eigenvalue weighted by Gasteiger charge is -2.40. The van der Waals surface area contributed by atoms with Gasteiger partial charge < -0.3 is 24.3 Å². The van der Waals surface area contributed by atoms with Crippen LogP contribution in [0, 0.1) is 6.92 Å². The van der Waals surface area contributed by atoms with Crippen LogP contribution in [0.2, 0.25) is 0 Å². The molecule has 2 aliphatic rings. The molecular formula is C27H31NO5. The molecule has 0 bridgehead atoms. The maximum absolute atomic E-state index is 13.0. The quantitative estimate of drug-likeness (QED) is 0.543. The zero-order valence-corrected chi connectivity index (χ0v) is 19.3. The summed E-state index contributed by atoms with van der Waals surface area (Å²) in [5.41, 5.74) is 2.72. The van der Waals surface area contributed by atoms with Crippen molar-refractivity contribution >= 4 is 16.9 Å². The Bertz CT molecular complexity index is 1170. The van der Waals surface area contributed by atoms with Crippen molar-refractivity contribution in [3.8, 4) is 11.5 Å². The Kier molecular flexibility index (Phi) is 5.79. The van der Waals surface area contributed by atoms with E-state index < -0.39 is 6.10 Å².